The van der Waals surface area contributed by atoms with Gasteiger partial charge in [-0.2, -0.15) is 5.10 Å². The number of amides is 1. The Hall–Kier alpha value is -2.96. The number of aromatic carboxylic acids is 1. The van der Waals surface area contributed by atoms with E-state index in [4.69, 9.17) is 5.11 Å². The summed E-state index contributed by atoms with van der Waals surface area (Å²) in [7, 11) is 2.03. The molecule has 148 valence electrons. The molecule has 0 atom stereocenters. The van der Waals surface area contributed by atoms with E-state index in [1.54, 1.807) is 24.3 Å². The molecule has 1 aromatic heterocycles. The second kappa shape index (κ2) is 8.82. The summed E-state index contributed by atoms with van der Waals surface area (Å²) < 4.78 is 0. The highest BCUT2D eigenvalue weighted by Crippen LogP contribution is 2.21. The summed E-state index contributed by atoms with van der Waals surface area (Å²) in [5.74, 6) is 0.0748. The highest BCUT2D eigenvalue weighted by Gasteiger charge is 2.25. The first-order chi connectivity index (χ1) is 13.4. The maximum atomic E-state index is 12.5. The van der Waals surface area contributed by atoms with Crippen molar-refractivity contribution >= 4 is 17.7 Å². The monoisotopic (exact) mass is 382 g/mol. The largest absolute Gasteiger partial charge is 0.478 e. The van der Waals surface area contributed by atoms with Crippen molar-refractivity contribution in [2.75, 3.05) is 25.0 Å². The summed E-state index contributed by atoms with van der Waals surface area (Å²) in [6, 6.07) is 11.0. The molecule has 1 saturated heterocycles. The lowest BCUT2D eigenvalue weighted by atomic mass is 10.0. The predicted molar refractivity (Wildman–Crippen MR) is 106 cm³/mol. The van der Waals surface area contributed by atoms with Crippen LogP contribution in [0.15, 0.2) is 36.4 Å². The van der Waals surface area contributed by atoms with E-state index in [9.17, 15) is 9.59 Å². The van der Waals surface area contributed by atoms with Crippen molar-refractivity contribution in [2.45, 2.75) is 38.6 Å². The molecule has 1 fully saturated rings. The highest BCUT2D eigenvalue weighted by atomic mass is 16.4. The second-order valence-corrected chi connectivity index (χ2v) is 7.26. The number of aromatic nitrogens is 2. The van der Waals surface area contributed by atoms with Crippen molar-refractivity contribution < 1.29 is 14.7 Å². The van der Waals surface area contributed by atoms with E-state index in [0.29, 0.717) is 18.9 Å². The van der Waals surface area contributed by atoms with E-state index in [1.807, 2.05) is 31.0 Å². The lowest BCUT2D eigenvalue weighted by Gasteiger charge is -2.37. The second-order valence-electron chi connectivity index (χ2n) is 7.26. The van der Waals surface area contributed by atoms with Gasteiger partial charge in [-0.25, -0.2) is 4.79 Å². The SMILES string of the molecule is Cc1ccc(N(C)C2CCN(C(=O)CCc3ccc(C(=O)O)cc3)CC2)nn1. The average Bonchev–Trinajstić information content (AvgIpc) is 2.72. The number of anilines is 1. The molecule has 0 saturated carbocycles. The Labute approximate surface area is 165 Å². The molecule has 28 heavy (non-hydrogen) atoms. The van der Waals surface area contributed by atoms with Crippen LogP contribution in [0.3, 0.4) is 0 Å². The maximum Gasteiger partial charge on any atom is 0.335 e. The molecule has 2 aromatic rings. The van der Waals surface area contributed by atoms with E-state index in [2.05, 4.69) is 15.1 Å². The number of hydrogen-bond acceptors (Lipinski definition) is 5. The number of aryl methyl sites for hydroxylation is 2. The quantitative estimate of drug-likeness (QED) is 0.826. The zero-order chi connectivity index (χ0) is 20.1. The van der Waals surface area contributed by atoms with Gasteiger partial charge in [0.1, 0.15) is 0 Å². The molecule has 1 amide bonds. The first-order valence-corrected chi connectivity index (χ1v) is 9.57. The Morgan fingerprint density at radius 3 is 2.36 bits per heavy atom. The number of benzene rings is 1. The summed E-state index contributed by atoms with van der Waals surface area (Å²) in [6.07, 6.45) is 2.88. The van der Waals surface area contributed by atoms with Gasteiger partial charge in [-0.3, -0.25) is 4.79 Å². The predicted octanol–water partition coefficient (Wildman–Crippen LogP) is 2.54. The molecule has 0 aliphatic carbocycles. The molecular formula is C21H26N4O3. The van der Waals surface area contributed by atoms with Crippen molar-refractivity contribution in [1.29, 1.82) is 0 Å². The van der Waals surface area contributed by atoms with E-state index < -0.39 is 5.97 Å². The van der Waals surface area contributed by atoms with Gasteiger partial charge in [0.2, 0.25) is 5.91 Å². The molecule has 0 spiro atoms. The summed E-state index contributed by atoms with van der Waals surface area (Å²) in [5, 5.41) is 17.3. The van der Waals surface area contributed by atoms with Gasteiger partial charge in [0.05, 0.1) is 11.3 Å². The number of nitrogens with zero attached hydrogens (tertiary/aromatic N) is 4. The van der Waals surface area contributed by atoms with E-state index in [0.717, 1.165) is 43.0 Å². The lowest BCUT2D eigenvalue weighted by Crippen LogP contribution is -2.46. The van der Waals surface area contributed by atoms with Crippen LogP contribution < -0.4 is 4.90 Å². The molecule has 1 aromatic carbocycles. The Bertz CT molecular complexity index is 813. The van der Waals surface area contributed by atoms with Gasteiger partial charge in [-0.1, -0.05) is 12.1 Å². The number of hydrogen-bond donors (Lipinski definition) is 1. The summed E-state index contributed by atoms with van der Waals surface area (Å²) in [5.41, 5.74) is 2.14. The van der Waals surface area contributed by atoms with Crippen molar-refractivity contribution in [3.8, 4) is 0 Å². The normalized spacial score (nSPS) is 14.7. The van der Waals surface area contributed by atoms with Gasteiger partial charge in [0.15, 0.2) is 5.82 Å². The van der Waals surface area contributed by atoms with Gasteiger partial charge in [0.25, 0.3) is 0 Å². The van der Waals surface area contributed by atoms with Gasteiger partial charge in [-0.05, 0) is 56.0 Å². The fourth-order valence-electron chi connectivity index (χ4n) is 3.49. The molecule has 0 radical (unpaired) electrons. The Morgan fingerprint density at radius 2 is 1.79 bits per heavy atom. The lowest BCUT2D eigenvalue weighted by molar-refractivity contribution is -0.132. The molecule has 1 N–H and O–H groups in total. The maximum absolute atomic E-state index is 12.5. The fraction of sp³-hybridized carbons (Fsp3) is 0.429. The van der Waals surface area contributed by atoms with Crippen molar-refractivity contribution in [3.63, 3.8) is 0 Å². The summed E-state index contributed by atoms with van der Waals surface area (Å²) >= 11 is 0. The van der Waals surface area contributed by atoms with Crippen LogP contribution >= 0.6 is 0 Å². The Morgan fingerprint density at radius 1 is 1.11 bits per heavy atom. The number of rotatable bonds is 6. The molecule has 2 heterocycles. The van der Waals surface area contributed by atoms with Crippen LogP contribution in [0, 0.1) is 6.92 Å². The van der Waals surface area contributed by atoms with Crippen molar-refractivity contribution in [2.24, 2.45) is 0 Å². The smallest absolute Gasteiger partial charge is 0.335 e. The average molecular weight is 382 g/mol. The van der Waals surface area contributed by atoms with Gasteiger partial charge in [0, 0.05) is 32.6 Å². The molecule has 0 bridgehead atoms. The first kappa shape index (κ1) is 19.8. The third kappa shape index (κ3) is 4.85. The number of carboxylic acid groups (broad SMARTS) is 1. The van der Waals surface area contributed by atoms with Crippen LogP contribution in [-0.4, -0.2) is 58.3 Å². The van der Waals surface area contributed by atoms with E-state index >= 15 is 0 Å². The molecule has 1 aliphatic rings. The third-order valence-electron chi connectivity index (χ3n) is 5.34. The van der Waals surface area contributed by atoms with Crippen LogP contribution in [0.5, 0.6) is 0 Å². The standard InChI is InChI=1S/C21H26N4O3/c1-15-3-9-19(23-22-15)24(2)18-11-13-25(14-12-18)20(26)10-6-16-4-7-17(8-5-16)21(27)28/h3-5,7-9,18H,6,10-14H2,1-2H3,(H,27,28). The van der Waals surface area contributed by atoms with Gasteiger partial charge >= 0.3 is 5.97 Å². The van der Waals surface area contributed by atoms with Crippen molar-refractivity contribution in [3.05, 3.63) is 53.2 Å². The molecular weight excluding hydrogens is 356 g/mol. The topological polar surface area (TPSA) is 86.6 Å². The number of carbonyl (C=O) groups excluding carboxylic acids is 1. The zero-order valence-electron chi connectivity index (χ0n) is 16.3. The summed E-state index contributed by atoms with van der Waals surface area (Å²) in [4.78, 5) is 27.5. The van der Waals surface area contributed by atoms with Crippen molar-refractivity contribution in [1.82, 2.24) is 15.1 Å². The highest BCUT2D eigenvalue weighted by molar-refractivity contribution is 5.87. The first-order valence-electron chi connectivity index (χ1n) is 9.57. The van der Waals surface area contributed by atoms with Crippen LogP contribution in [0.1, 0.15) is 40.9 Å². The number of carboxylic acids is 1. The Kier molecular flexibility index (Phi) is 6.23. The van der Waals surface area contributed by atoms with E-state index in [-0.39, 0.29) is 11.5 Å². The number of likely N-dealkylation sites (tertiary alicyclic amines) is 1. The van der Waals surface area contributed by atoms with Crippen LogP contribution in [-0.2, 0) is 11.2 Å². The van der Waals surface area contributed by atoms with Crippen LogP contribution in [0.25, 0.3) is 0 Å². The molecule has 0 unspecified atom stereocenters. The fourth-order valence-corrected chi connectivity index (χ4v) is 3.49. The number of piperidine rings is 1. The van der Waals surface area contributed by atoms with E-state index in [1.165, 1.54) is 0 Å². The molecule has 3 rings (SSSR count). The van der Waals surface area contributed by atoms with Gasteiger partial charge in [-0.15, -0.1) is 5.10 Å². The number of carbonyl (C=O) groups is 2. The third-order valence-corrected chi connectivity index (χ3v) is 5.34. The zero-order valence-corrected chi connectivity index (χ0v) is 16.3. The minimum Gasteiger partial charge on any atom is -0.478 e. The Balaban J connectivity index is 1.46. The van der Waals surface area contributed by atoms with Crippen LogP contribution in [0.4, 0.5) is 5.82 Å². The molecule has 7 heteroatoms. The van der Waals surface area contributed by atoms with Crippen LogP contribution in [0.2, 0.25) is 0 Å². The summed E-state index contributed by atoms with van der Waals surface area (Å²) in [6.45, 7) is 3.40. The van der Waals surface area contributed by atoms with Gasteiger partial charge < -0.3 is 14.9 Å². The minimum absolute atomic E-state index is 0.151. The minimum atomic E-state index is -0.938. The molecule has 7 nitrogen and oxygen atoms in total. The molecule has 1 aliphatic heterocycles.